The minimum atomic E-state index is -0.168. The Labute approximate surface area is 150 Å². The van der Waals surface area contributed by atoms with Crippen molar-refractivity contribution in [3.05, 3.63) is 65.4 Å². The SMILES string of the molecule is Cc1cc2[nH]c(C(=O)NCCc3nc(-c4ccccc4)oc3C)cc2o1. The molecule has 2 N–H and O–H groups in total. The first-order valence-corrected chi connectivity index (χ1v) is 8.49. The first-order valence-electron chi connectivity index (χ1n) is 8.49. The number of oxazole rings is 1. The van der Waals surface area contributed by atoms with E-state index in [-0.39, 0.29) is 5.91 Å². The standard InChI is InChI=1S/C20H19N3O3/c1-12-10-16-18(25-12)11-17(22-16)19(24)21-9-8-15-13(2)26-20(23-15)14-6-4-3-5-7-14/h3-7,10-11,22H,8-9H2,1-2H3,(H,21,24). The number of amides is 1. The zero-order valence-corrected chi connectivity index (χ0v) is 14.6. The van der Waals surface area contributed by atoms with Gasteiger partial charge in [0.25, 0.3) is 5.91 Å². The molecule has 0 fully saturated rings. The van der Waals surface area contributed by atoms with E-state index in [4.69, 9.17) is 8.83 Å². The third-order valence-electron chi connectivity index (χ3n) is 4.23. The molecule has 4 aromatic rings. The second-order valence-electron chi connectivity index (χ2n) is 6.21. The van der Waals surface area contributed by atoms with Gasteiger partial charge in [-0.15, -0.1) is 0 Å². The van der Waals surface area contributed by atoms with Crippen LogP contribution in [0.4, 0.5) is 0 Å². The van der Waals surface area contributed by atoms with E-state index >= 15 is 0 Å². The number of aromatic amines is 1. The zero-order chi connectivity index (χ0) is 18.1. The van der Waals surface area contributed by atoms with Crippen molar-refractivity contribution in [3.63, 3.8) is 0 Å². The summed E-state index contributed by atoms with van der Waals surface area (Å²) in [5, 5.41) is 2.90. The van der Waals surface area contributed by atoms with E-state index in [0.29, 0.717) is 30.1 Å². The maximum absolute atomic E-state index is 12.3. The summed E-state index contributed by atoms with van der Waals surface area (Å²) in [5.74, 6) is 2.02. The van der Waals surface area contributed by atoms with Gasteiger partial charge in [-0.1, -0.05) is 18.2 Å². The van der Waals surface area contributed by atoms with Crippen molar-refractivity contribution in [1.82, 2.24) is 15.3 Å². The first-order chi connectivity index (χ1) is 12.6. The molecule has 3 heterocycles. The number of aryl methyl sites for hydroxylation is 2. The molecule has 0 saturated carbocycles. The average Bonchev–Trinajstić information content (AvgIpc) is 3.29. The molecule has 0 aliphatic heterocycles. The second-order valence-corrected chi connectivity index (χ2v) is 6.21. The van der Waals surface area contributed by atoms with Crippen LogP contribution in [0.15, 0.2) is 51.3 Å². The molecule has 6 heteroatoms. The van der Waals surface area contributed by atoms with Crippen LogP contribution in [0.25, 0.3) is 22.6 Å². The van der Waals surface area contributed by atoms with E-state index in [1.54, 1.807) is 6.07 Å². The lowest BCUT2D eigenvalue weighted by atomic mass is 10.2. The maximum atomic E-state index is 12.3. The maximum Gasteiger partial charge on any atom is 0.267 e. The molecule has 0 aliphatic carbocycles. The molecule has 26 heavy (non-hydrogen) atoms. The summed E-state index contributed by atoms with van der Waals surface area (Å²) in [7, 11) is 0. The second kappa shape index (κ2) is 6.55. The van der Waals surface area contributed by atoms with Crippen molar-refractivity contribution in [1.29, 1.82) is 0 Å². The molecule has 4 rings (SSSR count). The molecule has 0 saturated heterocycles. The minimum Gasteiger partial charge on any atom is -0.460 e. The highest BCUT2D eigenvalue weighted by molar-refractivity contribution is 5.96. The number of hydrogen-bond acceptors (Lipinski definition) is 4. The van der Waals surface area contributed by atoms with Crippen molar-refractivity contribution >= 4 is 17.0 Å². The topological polar surface area (TPSA) is 84.1 Å². The van der Waals surface area contributed by atoms with Crippen molar-refractivity contribution in [2.24, 2.45) is 0 Å². The van der Waals surface area contributed by atoms with Gasteiger partial charge in [0.2, 0.25) is 5.89 Å². The lowest BCUT2D eigenvalue weighted by Gasteiger charge is -2.02. The fourth-order valence-electron chi connectivity index (χ4n) is 2.93. The summed E-state index contributed by atoms with van der Waals surface area (Å²) in [5.41, 5.74) is 3.79. The van der Waals surface area contributed by atoms with Crippen LogP contribution in [-0.4, -0.2) is 22.4 Å². The van der Waals surface area contributed by atoms with E-state index in [1.807, 2.05) is 50.2 Å². The monoisotopic (exact) mass is 349 g/mol. The summed E-state index contributed by atoms with van der Waals surface area (Å²) < 4.78 is 11.2. The summed E-state index contributed by atoms with van der Waals surface area (Å²) >= 11 is 0. The van der Waals surface area contributed by atoms with Crippen LogP contribution in [0.1, 0.15) is 27.7 Å². The zero-order valence-electron chi connectivity index (χ0n) is 14.6. The number of nitrogens with zero attached hydrogens (tertiary/aromatic N) is 1. The van der Waals surface area contributed by atoms with Crippen LogP contribution in [-0.2, 0) is 6.42 Å². The van der Waals surface area contributed by atoms with Crippen molar-refractivity contribution < 1.29 is 13.6 Å². The molecular formula is C20H19N3O3. The van der Waals surface area contributed by atoms with Gasteiger partial charge < -0.3 is 19.1 Å². The Hall–Kier alpha value is -3.28. The van der Waals surface area contributed by atoms with Gasteiger partial charge in [0.1, 0.15) is 17.2 Å². The molecule has 0 aliphatic rings. The van der Waals surface area contributed by atoms with Gasteiger partial charge in [-0.05, 0) is 26.0 Å². The predicted octanol–water partition coefficient (Wildman–Crippen LogP) is 4.01. The molecule has 3 aromatic heterocycles. The van der Waals surface area contributed by atoms with Crippen molar-refractivity contribution in [3.8, 4) is 11.5 Å². The van der Waals surface area contributed by atoms with Crippen LogP contribution in [0.2, 0.25) is 0 Å². The number of furan rings is 1. The third kappa shape index (κ3) is 3.13. The summed E-state index contributed by atoms with van der Waals surface area (Å²) in [4.78, 5) is 19.9. The molecule has 1 amide bonds. The molecule has 0 radical (unpaired) electrons. The fraction of sp³-hybridized carbons (Fsp3) is 0.200. The summed E-state index contributed by atoms with van der Waals surface area (Å²) in [6.45, 7) is 4.23. The third-order valence-corrected chi connectivity index (χ3v) is 4.23. The summed E-state index contributed by atoms with van der Waals surface area (Å²) in [6, 6.07) is 13.3. The van der Waals surface area contributed by atoms with Crippen molar-refractivity contribution in [2.45, 2.75) is 20.3 Å². The summed E-state index contributed by atoms with van der Waals surface area (Å²) in [6.07, 6.45) is 0.601. The lowest BCUT2D eigenvalue weighted by Crippen LogP contribution is -2.26. The predicted molar refractivity (Wildman–Crippen MR) is 98.0 cm³/mol. The number of rotatable bonds is 5. The van der Waals surface area contributed by atoms with Crippen LogP contribution >= 0.6 is 0 Å². The molecule has 132 valence electrons. The number of hydrogen-bond donors (Lipinski definition) is 2. The molecule has 0 bridgehead atoms. The first kappa shape index (κ1) is 16.2. The number of carbonyl (C=O) groups is 1. The van der Waals surface area contributed by atoms with Crippen LogP contribution < -0.4 is 5.32 Å². The fourth-order valence-corrected chi connectivity index (χ4v) is 2.93. The Morgan fingerprint density at radius 1 is 1.15 bits per heavy atom. The lowest BCUT2D eigenvalue weighted by molar-refractivity contribution is 0.0950. The van der Waals surface area contributed by atoms with Crippen LogP contribution in [0.5, 0.6) is 0 Å². The average molecular weight is 349 g/mol. The number of benzene rings is 1. The molecule has 0 spiro atoms. The highest BCUT2D eigenvalue weighted by Crippen LogP contribution is 2.22. The van der Waals surface area contributed by atoms with Gasteiger partial charge in [0.15, 0.2) is 5.58 Å². The molecule has 6 nitrogen and oxygen atoms in total. The Morgan fingerprint density at radius 3 is 2.73 bits per heavy atom. The van der Waals surface area contributed by atoms with E-state index in [1.165, 1.54) is 0 Å². The van der Waals surface area contributed by atoms with E-state index < -0.39 is 0 Å². The van der Waals surface area contributed by atoms with E-state index in [2.05, 4.69) is 15.3 Å². The van der Waals surface area contributed by atoms with E-state index in [9.17, 15) is 4.79 Å². The van der Waals surface area contributed by atoms with Crippen LogP contribution in [0, 0.1) is 13.8 Å². The van der Waals surface area contributed by atoms with E-state index in [0.717, 1.165) is 28.3 Å². The molecular weight excluding hydrogens is 330 g/mol. The number of fused-ring (bicyclic) bond motifs is 1. The highest BCUT2D eigenvalue weighted by Gasteiger charge is 2.14. The quantitative estimate of drug-likeness (QED) is 0.570. The molecule has 1 aromatic carbocycles. The molecule has 0 atom stereocenters. The Balaban J connectivity index is 1.39. The van der Waals surface area contributed by atoms with Gasteiger partial charge in [0, 0.05) is 30.7 Å². The normalized spacial score (nSPS) is 11.2. The number of H-pyrrole nitrogens is 1. The van der Waals surface area contributed by atoms with Gasteiger partial charge in [0.05, 0.1) is 11.2 Å². The van der Waals surface area contributed by atoms with Gasteiger partial charge in [-0.2, -0.15) is 0 Å². The Kier molecular flexibility index (Phi) is 4.08. The van der Waals surface area contributed by atoms with Gasteiger partial charge in [-0.25, -0.2) is 4.98 Å². The van der Waals surface area contributed by atoms with Crippen LogP contribution in [0.3, 0.4) is 0 Å². The number of aromatic nitrogens is 2. The minimum absolute atomic E-state index is 0.168. The highest BCUT2D eigenvalue weighted by atomic mass is 16.4. The van der Waals surface area contributed by atoms with Gasteiger partial charge in [-0.3, -0.25) is 4.79 Å². The smallest absolute Gasteiger partial charge is 0.267 e. The van der Waals surface area contributed by atoms with Gasteiger partial charge >= 0.3 is 0 Å². The largest absolute Gasteiger partial charge is 0.460 e. The van der Waals surface area contributed by atoms with Crippen molar-refractivity contribution in [2.75, 3.05) is 6.54 Å². The number of nitrogens with one attached hydrogen (secondary N) is 2. The Morgan fingerprint density at radius 2 is 1.96 bits per heavy atom. The Bertz CT molecular complexity index is 1030. The number of carbonyl (C=O) groups excluding carboxylic acids is 1. The molecule has 0 unspecified atom stereocenters.